The number of hydrogen-bond acceptors (Lipinski definition) is 5. The Bertz CT molecular complexity index is 1000. The molecule has 0 heterocycles. The molecule has 8 atom stereocenters. The average molecular weight is 503 g/mol. The second kappa shape index (κ2) is 8.51. The highest BCUT2D eigenvalue weighted by Gasteiger charge is 2.69. The van der Waals surface area contributed by atoms with Gasteiger partial charge in [-0.3, -0.25) is 9.59 Å². The molecule has 0 aromatic rings. The van der Waals surface area contributed by atoms with Crippen molar-refractivity contribution in [1.82, 2.24) is 0 Å². The zero-order valence-electron chi connectivity index (χ0n) is 23.1. The van der Waals surface area contributed by atoms with Crippen LogP contribution in [0.3, 0.4) is 0 Å². The molecule has 0 aliphatic heterocycles. The molecule has 4 aliphatic carbocycles. The van der Waals surface area contributed by atoms with Gasteiger partial charge in [-0.15, -0.1) is 0 Å². The quantitative estimate of drug-likeness (QED) is 0.420. The number of allylic oxidation sites excluding steroid dienone is 3. The van der Waals surface area contributed by atoms with E-state index in [9.17, 15) is 30.0 Å². The van der Waals surface area contributed by atoms with Crippen molar-refractivity contribution in [3.8, 4) is 0 Å². The molecular weight excluding hydrogens is 456 g/mol. The van der Waals surface area contributed by atoms with Gasteiger partial charge in [0.25, 0.3) is 0 Å². The summed E-state index contributed by atoms with van der Waals surface area (Å²) in [5, 5.41) is 43.6. The number of carboxylic acid groups (broad SMARTS) is 1. The number of aliphatic hydroxyl groups excluding tert-OH is 2. The van der Waals surface area contributed by atoms with Crippen molar-refractivity contribution >= 4 is 11.8 Å². The lowest BCUT2D eigenvalue weighted by Gasteiger charge is -2.60. The predicted molar refractivity (Wildman–Crippen MR) is 138 cm³/mol. The summed E-state index contributed by atoms with van der Waals surface area (Å²) in [5.41, 5.74) is -0.822. The van der Waals surface area contributed by atoms with Crippen LogP contribution in [0.15, 0.2) is 23.3 Å². The Morgan fingerprint density at radius 2 is 1.78 bits per heavy atom. The van der Waals surface area contributed by atoms with Crippen molar-refractivity contribution in [2.75, 3.05) is 0 Å². The van der Waals surface area contributed by atoms with Crippen LogP contribution in [0.4, 0.5) is 0 Å². The summed E-state index contributed by atoms with van der Waals surface area (Å²) in [7, 11) is 0. The van der Waals surface area contributed by atoms with Crippen molar-refractivity contribution in [2.45, 2.75) is 111 Å². The van der Waals surface area contributed by atoms with E-state index in [2.05, 4.69) is 19.9 Å². The van der Waals surface area contributed by atoms with Gasteiger partial charge in [-0.25, -0.2) is 0 Å². The van der Waals surface area contributed by atoms with Gasteiger partial charge in [0, 0.05) is 28.6 Å². The first-order valence-corrected chi connectivity index (χ1v) is 13.7. The number of aliphatic carboxylic acids is 1. The van der Waals surface area contributed by atoms with Crippen LogP contribution in [0.25, 0.3) is 0 Å². The number of fused-ring (bicyclic) bond motifs is 5. The van der Waals surface area contributed by atoms with Gasteiger partial charge in [0.05, 0.1) is 23.7 Å². The lowest BCUT2D eigenvalue weighted by molar-refractivity contribution is -0.151. The van der Waals surface area contributed by atoms with Crippen LogP contribution in [-0.4, -0.2) is 50.0 Å². The highest BCUT2D eigenvalue weighted by atomic mass is 16.4. The molecule has 0 spiro atoms. The Morgan fingerprint density at radius 3 is 2.36 bits per heavy atom. The van der Waals surface area contributed by atoms with E-state index in [4.69, 9.17) is 0 Å². The first kappa shape index (κ1) is 27.5. The van der Waals surface area contributed by atoms with E-state index < -0.39 is 51.9 Å². The van der Waals surface area contributed by atoms with E-state index in [1.807, 2.05) is 26.8 Å². The molecule has 0 unspecified atom stereocenters. The molecule has 4 rings (SSSR count). The molecule has 6 nitrogen and oxygen atoms in total. The van der Waals surface area contributed by atoms with Gasteiger partial charge >= 0.3 is 5.97 Å². The average Bonchev–Trinajstić information content (AvgIpc) is 2.95. The van der Waals surface area contributed by atoms with Gasteiger partial charge in [0.2, 0.25) is 0 Å². The molecule has 4 N–H and O–H groups in total. The second-order valence-electron chi connectivity index (χ2n) is 14.1. The van der Waals surface area contributed by atoms with E-state index in [1.165, 1.54) is 0 Å². The maximum Gasteiger partial charge on any atom is 0.306 e. The molecule has 0 aromatic heterocycles. The molecule has 6 heteroatoms. The first-order valence-electron chi connectivity index (χ1n) is 13.7. The molecule has 2 saturated carbocycles. The molecule has 4 aliphatic rings. The molecule has 0 amide bonds. The van der Waals surface area contributed by atoms with Gasteiger partial charge in [-0.05, 0) is 74.9 Å². The number of carboxylic acids is 1. The third-order valence-corrected chi connectivity index (χ3v) is 11.2. The van der Waals surface area contributed by atoms with Crippen LogP contribution in [0.5, 0.6) is 0 Å². The summed E-state index contributed by atoms with van der Waals surface area (Å²) < 4.78 is 0. The summed E-state index contributed by atoms with van der Waals surface area (Å²) in [6.07, 6.45) is 6.14. The van der Waals surface area contributed by atoms with Crippen LogP contribution in [0.1, 0.15) is 93.4 Å². The highest BCUT2D eigenvalue weighted by Crippen LogP contribution is 2.71. The van der Waals surface area contributed by atoms with Crippen molar-refractivity contribution < 1.29 is 30.0 Å². The fraction of sp³-hybridized carbons (Fsp3) is 0.800. The Kier molecular flexibility index (Phi) is 6.50. The minimum atomic E-state index is -0.959. The van der Waals surface area contributed by atoms with Gasteiger partial charge in [-0.2, -0.15) is 0 Å². The number of carbonyl (C=O) groups excluding carboxylic acids is 1. The zero-order valence-corrected chi connectivity index (χ0v) is 23.1. The Labute approximate surface area is 215 Å². The smallest absolute Gasteiger partial charge is 0.306 e. The SMILES string of the molecule is CC(C)(O)CCC[C@@H](C(=O)O)[C@H]1[C@H](O)C[C@@]2(C)C3=CC[C@H]4C(C)(C)C(=O)CC[C@]4(C)C3=C[C@@H](O)[C@]12C. The number of aliphatic hydroxyl groups is 3. The zero-order chi connectivity index (χ0) is 27.1. The molecule has 0 bridgehead atoms. The summed E-state index contributed by atoms with van der Waals surface area (Å²) in [6, 6.07) is 0. The summed E-state index contributed by atoms with van der Waals surface area (Å²) in [4.78, 5) is 25.3. The van der Waals surface area contributed by atoms with E-state index in [-0.39, 0.29) is 11.3 Å². The van der Waals surface area contributed by atoms with Crippen molar-refractivity contribution in [3.63, 3.8) is 0 Å². The molecule has 36 heavy (non-hydrogen) atoms. The molecule has 0 aromatic carbocycles. The van der Waals surface area contributed by atoms with Crippen molar-refractivity contribution in [1.29, 1.82) is 0 Å². The minimum absolute atomic E-state index is 0.136. The van der Waals surface area contributed by atoms with Crippen LogP contribution >= 0.6 is 0 Å². The molecular formula is C30H46O6. The number of rotatable bonds is 6. The Balaban J connectivity index is 1.76. The van der Waals surface area contributed by atoms with Gasteiger partial charge in [-0.1, -0.05) is 46.8 Å². The van der Waals surface area contributed by atoms with Gasteiger partial charge in [0.15, 0.2) is 0 Å². The third kappa shape index (κ3) is 3.77. The van der Waals surface area contributed by atoms with Crippen LogP contribution in [-0.2, 0) is 9.59 Å². The fourth-order valence-corrected chi connectivity index (χ4v) is 8.88. The van der Waals surface area contributed by atoms with Crippen LogP contribution < -0.4 is 0 Å². The number of carbonyl (C=O) groups is 2. The molecule has 0 radical (unpaired) electrons. The Hall–Kier alpha value is -1.50. The maximum atomic E-state index is 12.8. The standard InChI is InChI=1S/C30H46O6/c1-26(2,36)13-8-9-17(25(34)35)24-20(31)16-29(6)18-10-11-21-27(3,4)22(32)12-14-28(21,5)19(18)15-23(33)30(24,29)7/h10,15,17,20-21,23-24,31,33,36H,8-9,11-14,16H2,1-7H3,(H,34,35)/t17-,20-,21+,23-,24+,28-,29+,30-/m1/s1. The Morgan fingerprint density at radius 1 is 1.14 bits per heavy atom. The topological polar surface area (TPSA) is 115 Å². The highest BCUT2D eigenvalue weighted by molar-refractivity contribution is 5.86. The maximum absolute atomic E-state index is 12.8. The molecule has 2 fully saturated rings. The number of hydrogen-bond donors (Lipinski definition) is 4. The number of ketones is 1. The number of Topliss-reactive ketones (excluding diaryl/α,β-unsaturated/α-hetero) is 1. The molecule has 202 valence electrons. The second-order valence-corrected chi connectivity index (χ2v) is 14.1. The van der Waals surface area contributed by atoms with Gasteiger partial charge < -0.3 is 20.4 Å². The first-order chi connectivity index (χ1) is 16.4. The fourth-order valence-electron chi connectivity index (χ4n) is 8.88. The summed E-state index contributed by atoms with van der Waals surface area (Å²) >= 11 is 0. The van der Waals surface area contributed by atoms with E-state index in [1.54, 1.807) is 13.8 Å². The van der Waals surface area contributed by atoms with E-state index >= 15 is 0 Å². The third-order valence-electron chi connectivity index (χ3n) is 11.2. The van der Waals surface area contributed by atoms with Crippen LogP contribution in [0, 0.1) is 39.4 Å². The summed E-state index contributed by atoms with van der Waals surface area (Å²) in [6.45, 7) is 13.8. The van der Waals surface area contributed by atoms with E-state index in [0.717, 1.165) is 24.0 Å². The minimum Gasteiger partial charge on any atom is -0.481 e. The summed E-state index contributed by atoms with van der Waals surface area (Å²) in [5.74, 6) is -1.97. The largest absolute Gasteiger partial charge is 0.481 e. The monoisotopic (exact) mass is 502 g/mol. The van der Waals surface area contributed by atoms with Crippen molar-refractivity contribution in [2.24, 2.45) is 39.4 Å². The predicted octanol–water partition coefficient (Wildman–Crippen LogP) is 4.66. The van der Waals surface area contributed by atoms with Crippen molar-refractivity contribution in [3.05, 3.63) is 23.3 Å². The van der Waals surface area contributed by atoms with Crippen LogP contribution in [0.2, 0.25) is 0 Å². The lowest BCUT2D eigenvalue weighted by atomic mass is 9.43. The van der Waals surface area contributed by atoms with Gasteiger partial charge in [0.1, 0.15) is 5.78 Å². The lowest BCUT2D eigenvalue weighted by Crippen LogP contribution is -2.57. The normalized spacial score (nSPS) is 42.6. The molecule has 0 saturated heterocycles. The van der Waals surface area contributed by atoms with E-state index in [0.29, 0.717) is 37.9 Å².